The summed E-state index contributed by atoms with van der Waals surface area (Å²) in [5.41, 5.74) is 1.25. The maximum atomic E-state index is 15.2. The highest BCUT2D eigenvalue weighted by Gasteiger charge is 2.41. The Kier molecular flexibility index (Phi) is 7.38. The highest BCUT2D eigenvalue weighted by Crippen LogP contribution is 2.43. The van der Waals surface area contributed by atoms with Crippen molar-refractivity contribution < 1.29 is 23.5 Å². The Morgan fingerprint density at radius 3 is 2.56 bits per heavy atom. The van der Waals surface area contributed by atoms with Gasteiger partial charge in [-0.3, -0.25) is 9.59 Å². The van der Waals surface area contributed by atoms with Crippen LogP contribution in [0.5, 0.6) is 0 Å². The van der Waals surface area contributed by atoms with Gasteiger partial charge < -0.3 is 20.2 Å². The molecular weight excluding hydrogens is 488 g/mol. The minimum absolute atomic E-state index is 0.0517. The Hall–Kier alpha value is -2.97. The molecule has 1 saturated heterocycles. The van der Waals surface area contributed by atoms with Gasteiger partial charge in [-0.1, -0.05) is 43.6 Å². The lowest BCUT2D eigenvalue weighted by molar-refractivity contribution is -0.116. The third-order valence-corrected chi connectivity index (χ3v) is 7.00. The van der Waals surface area contributed by atoms with E-state index >= 15 is 8.78 Å². The SMILES string of the molecule is CC1(C)CCN(c2ccc(C(=O)N3CCC(F)(F)/C(=C\C(=O)NCCO)c4ccccc43)c(Cl)c2)C1. The second-order valence-electron chi connectivity index (χ2n) is 10.0. The monoisotopic (exact) mass is 517 g/mol. The zero-order chi connectivity index (χ0) is 26.1. The summed E-state index contributed by atoms with van der Waals surface area (Å²) in [4.78, 5) is 29.3. The number of aliphatic hydroxyl groups excluding tert-OH is 1. The third kappa shape index (κ3) is 5.39. The molecule has 2 aromatic rings. The van der Waals surface area contributed by atoms with Gasteiger partial charge in [0.25, 0.3) is 11.8 Å². The summed E-state index contributed by atoms with van der Waals surface area (Å²) in [5, 5.41) is 11.5. The van der Waals surface area contributed by atoms with E-state index in [1.54, 1.807) is 30.3 Å². The van der Waals surface area contributed by atoms with E-state index in [0.717, 1.165) is 31.3 Å². The van der Waals surface area contributed by atoms with Crippen LogP contribution in [0.15, 0.2) is 48.5 Å². The van der Waals surface area contributed by atoms with Crippen molar-refractivity contribution in [1.29, 1.82) is 0 Å². The zero-order valence-corrected chi connectivity index (χ0v) is 21.1. The van der Waals surface area contributed by atoms with Crippen LogP contribution < -0.4 is 15.1 Å². The van der Waals surface area contributed by atoms with Gasteiger partial charge in [0.15, 0.2) is 0 Å². The number of nitrogens with one attached hydrogen (secondary N) is 1. The standard InChI is InChI=1S/C27H30ClF2N3O3/c1-26(2)9-12-32(17-26)18-7-8-20(22(28)15-18)25(36)33-13-10-27(29,30)21(16-24(35)31-11-14-34)19-5-3-4-6-23(19)33/h3-8,15-16,34H,9-14,17H2,1-2H3,(H,31,35)/b21-16-. The van der Waals surface area contributed by atoms with Gasteiger partial charge in [0.2, 0.25) is 5.91 Å². The van der Waals surface area contributed by atoms with E-state index in [9.17, 15) is 9.59 Å². The number of carbonyl (C=O) groups is 2. The maximum Gasteiger partial charge on any atom is 0.275 e. The fraction of sp³-hybridized carbons (Fsp3) is 0.407. The number of nitrogens with zero attached hydrogens (tertiary/aromatic N) is 2. The van der Waals surface area contributed by atoms with Crippen LogP contribution in [0.2, 0.25) is 5.02 Å². The number of rotatable bonds is 5. The lowest BCUT2D eigenvalue weighted by atomic mass is 9.93. The summed E-state index contributed by atoms with van der Waals surface area (Å²) < 4.78 is 30.5. The molecule has 2 aliphatic rings. The number of allylic oxidation sites excluding steroid dienone is 1. The summed E-state index contributed by atoms with van der Waals surface area (Å²) >= 11 is 6.56. The average molecular weight is 518 g/mol. The van der Waals surface area contributed by atoms with E-state index in [0.29, 0.717) is 0 Å². The first-order valence-electron chi connectivity index (χ1n) is 12.0. The number of hydrogen-bond donors (Lipinski definition) is 2. The normalized spacial score (nSPS) is 19.7. The lowest BCUT2D eigenvalue weighted by Gasteiger charge is -2.25. The highest BCUT2D eigenvalue weighted by molar-refractivity contribution is 6.35. The van der Waals surface area contributed by atoms with Gasteiger partial charge in [-0.05, 0) is 36.1 Å². The summed E-state index contributed by atoms with van der Waals surface area (Å²) in [6.45, 7) is 5.58. The van der Waals surface area contributed by atoms with Gasteiger partial charge in [0, 0.05) is 55.5 Å². The number of aliphatic hydroxyl groups is 1. The molecule has 36 heavy (non-hydrogen) atoms. The zero-order valence-electron chi connectivity index (χ0n) is 20.4. The summed E-state index contributed by atoms with van der Waals surface area (Å²) in [6.07, 6.45) is 1.24. The first kappa shape index (κ1) is 26.1. The Balaban J connectivity index is 1.68. The number of fused-ring (bicyclic) bond motifs is 1. The number of halogens is 3. The molecule has 0 bridgehead atoms. The molecule has 0 aromatic heterocycles. The van der Waals surface area contributed by atoms with E-state index in [-0.39, 0.29) is 46.9 Å². The van der Waals surface area contributed by atoms with Crippen molar-refractivity contribution in [2.75, 3.05) is 42.6 Å². The smallest absolute Gasteiger partial charge is 0.275 e. The lowest BCUT2D eigenvalue weighted by Crippen LogP contribution is -2.33. The van der Waals surface area contributed by atoms with Gasteiger partial charge in [-0.15, -0.1) is 0 Å². The molecule has 9 heteroatoms. The van der Waals surface area contributed by atoms with Crippen molar-refractivity contribution in [3.63, 3.8) is 0 Å². The number of benzene rings is 2. The predicted octanol–water partition coefficient (Wildman–Crippen LogP) is 4.75. The van der Waals surface area contributed by atoms with E-state index in [1.165, 1.54) is 11.0 Å². The molecule has 0 aliphatic carbocycles. The summed E-state index contributed by atoms with van der Waals surface area (Å²) in [7, 11) is 0. The van der Waals surface area contributed by atoms with Gasteiger partial charge in [-0.25, -0.2) is 8.78 Å². The summed E-state index contributed by atoms with van der Waals surface area (Å²) in [6, 6.07) is 11.5. The molecular formula is C27H30ClF2N3O3. The molecule has 2 aromatic carbocycles. The van der Waals surface area contributed by atoms with Crippen LogP contribution in [0.1, 0.15) is 42.6 Å². The fourth-order valence-corrected chi connectivity index (χ4v) is 5.00. The van der Waals surface area contributed by atoms with Gasteiger partial charge in [-0.2, -0.15) is 0 Å². The van der Waals surface area contributed by atoms with E-state index in [4.69, 9.17) is 16.7 Å². The maximum absolute atomic E-state index is 15.2. The molecule has 0 spiro atoms. The van der Waals surface area contributed by atoms with Crippen molar-refractivity contribution in [1.82, 2.24) is 5.32 Å². The minimum Gasteiger partial charge on any atom is -0.395 e. The first-order valence-corrected chi connectivity index (χ1v) is 12.3. The minimum atomic E-state index is -3.35. The molecule has 0 atom stereocenters. The van der Waals surface area contributed by atoms with Gasteiger partial charge >= 0.3 is 0 Å². The van der Waals surface area contributed by atoms with E-state index < -0.39 is 29.7 Å². The Morgan fingerprint density at radius 1 is 1.14 bits per heavy atom. The molecule has 2 heterocycles. The van der Waals surface area contributed by atoms with Crippen molar-refractivity contribution in [3.8, 4) is 0 Å². The molecule has 0 unspecified atom stereocenters. The quantitative estimate of drug-likeness (QED) is 0.561. The van der Waals surface area contributed by atoms with Crippen LogP contribution in [-0.2, 0) is 4.79 Å². The molecule has 2 amide bonds. The Bertz CT molecular complexity index is 1200. The second kappa shape index (κ2) is 10.2. The van der Waals surface area contributed by atoms with E-state index in [2.05, 4.69) is 24.1 Å². The predicted molar refractivity (Wildman–Crippen MR) is 138 cm³/mol. The number of anilines is 2. The molecule has 2 N–H and O–H groups in total. The molecule has 6 nitrogen and oxygen atoms in total. The molecule has 2 aliphatic heterocycles. The van der Waals surface area contributed by atoms with Crippen molar-refractivity contribution in [2.45, 2.75) is 32.6 Å². The molecule has 0 radical (unpaired) electrons. The van der Waals surface area contributed by atoms with Crippen LogP contribution in [0.4, 0.5) is 20.2 Å². The van der Waals surface area contributed by atoms with Crippen LogP contribution in [0, 0.1) is 5.41 Å². The van der Waals surface area contributed by atoms with Gasteiger partial charge in [0.1, 0.15) is 0 Å². The molecule has 4 rings (SSSR count). The van der Waals surface area contributed by atoms with Crippen molar-refractivity contribution in [2.24, 2.45) is 5.41 Å². The largest absolute Gasteiger partial charge is 0.395 e. The van der Waals surface area contributed by atoms with Crippen LogP contribution in [0.25, 0.3) is 5.57 Å². The number of alkyl halides is 2. The first-order chi connectivity index (χ1) is 17.0. The van der Waals surface area contributed by atoms with Gasteiger partial charge in [0.05, 0.1) is 22.9 Å². The molecule has 1 fully saturated rings. The van der Waals surface area contributed by atoms with Crippen molar-refractivity contribution in [3.05, 3.63) is 64.7 Å². The van der Waals surface area contributed by atoms with Crippen molar-refractivity contribution >= 4 is 40.4 Å². The number of amides is 2. The average Bonchev–Trinajstić information content (AvgIpc) is 3.16. The summed E-state index contributed by atoms with van der Waals surface area (Å²) in [5.74, 6) is -4.57. The number of carbonyl (C=O) groups excluding carboxylic acids is 2. The molecule has 192 valence electrons. The number of hydrogen-bond acceptors (Lipinski definition) is 4. The molecule has 0 saturated carbocycles. The highest BCUT2D eigenvalue weighted by atomic mass is 35.5. The third-order valence-electron chi connectivity index (χ3n) is 6.69. The fourth-order valence-electron chi connectivity index (χ4n) is 4.75. The van der Waals surface area contributed by atoms with Crippen LogP contribution >= 0.6 is 11.6 Å². The Labute approximate surface area is 214 Å². The van der Waals surface area contributed by atoms with Crippen LogP contribution in [-0.4, -0.2) is 55.6 Å². The second-order valence-corrected chi connectivity index (χ2v) is 10.4. The Morgan fingerprint density at radius 2 is 1.89 bits per heavy atom. The van der Waals surface area contributed by atoms with E-state index in [1.807, 2.05) is 6.07 Å². The topological polar surface area (TPSA) is 72.9 Å². The van der Waals surface area contributed by atoms with Crippen LogP contribution in [0.3, 0.4) is 0 Å². The number of para-hydroxylation sites is 1.